The van der Waals surface area contributed by atoms with Crippen LogP contribution in [0.3, 0.4) is 0 Å². The van der Waals surface area contributed by atoms with Gasteiger partial charge in [-0.25, -0.2) is 17.7 Å². The lowest BCUT2D eigenvalue weighted by Gasteiger charge is -2.34. The second-order valence-electron chi connectivity index (χ2n) is 8.88. The van der Waals surface area contributed by atoms with Gasteiger partial charge in [0.25, 0.3) is 5.91 Å². The molecule has 0 spiro atoms. The Labute approximate surface area is 206 Å². The van der Waals surface area contributed by atoms with Gasteiger partial charge in [-0.3, -0.25) is 4.79 Å². The van der Waals surface area contributed by atoms with Gasteiger partial charge in [0.05, 0.1) is 15.1 Å². The molecule has 0 unspecified atom stereocenters. The van der Waals surface area contributed by atoms with Gasteiger partial charge in [0, 0.05) is 45.3 Å². The van der Waals surface area contributed by atoms with E-state index < -0.39 is 10.0 Å². The zero-order chi connectivity index (χ0) is 24.5. The summed E-state index contributed by atoms with van der Waals surface area (Å²) >= 11 is 1.69. The summed E-state index contributed by atoms with van der Waals surface area (Å²) in [6.07, 6.45) is 1.74. The van der Waals surface area contributed by atoms with Crippen molar-refractivity contribution in [1.29, 1.82) is 0 Å². The van der Waals surface area contributed by atoms with Crippen LogP contribution in [0.2, 0.25) is 0 Å². The fourth-order valence-electron chi connectivity index (χ4n) is 4.04. The molecule has 9 heteroatoms. The maximum absolute atomic E-state index is 13.0. The van der Waals surface area contributed by atoms with E-state index in [9.17, 15) is 13.2 Å². The first-order chi connectivity index (χ1) is 16.2. The Bertz CT molecular complexity index is 1240. The van der Waals surface area contributed by atoms with Crippen molar-refractivity contribution in [3.05, 3.63) is 53.1 Å². The number of aryl methyl sites for hydroxylation is 2. The number of aromatic nitrogens is 1. The van der Waals surface area contributed by atoms with Gasteiger partial charge >= 0.3 is 0 Å². The van der Waals surface area contributed by atoms with Gasteiger partial charge in [-0.2, -0.15) is 0 Å². The van der Waals surface area contributed by atoms with Crippen LogP contribution in [0, 0.1) is 13.8 Å². The van der Waals surface area contributed by atoms with E-state index in [2.05, 4.69) is 30.9 Å². The molecule has 2 heterocycles. The fourth-order valence-corrected chi connectivity index (χ4v) is 6.34. The van der Waals surface area contributed by atoms with Gasteiger partial charge in [-0.1, -0.05) is 24.7 Å². The minimum atomic E-state index is -3.54. The van der Waals surface area contributed by atoms with E-state index >= 15 is 0 Å². The third kappa shape index (κ3) is 4.96. The Balaban J connectivity index is 1.40. The number of carbonyl (C=O) groups is 1. The predicted molar refractivity (Wildman–Crippen MR) is 138 cm³/mol. The molecule has 0 bridgehead atoms. The number of benzene rings is 2. The van der Waals surface area contributed by atoms with Crippen LogP contribution in [0.5, 0.6) is 0 Å². The highest BCUT2D eigenvalue weighted by molar-refractivity contribution is 7.89. The Hall–Kier alpha value is -2.49. The quantitative estimate of drug-likeness (QED) is 0.484. The number of carbonyl (C=O) groups excluding carboxylic acids is 1. The fraction of sp³-hybridized carbons (Fsp3) is 0.440. The van der Waals surface area contributed by atoms with Crippen LogP contribution in [0.25, 0.3) is 10.2 Å². The summed E-state index contributed by atoms with van der Waals surface area (Å²) in [6, 6.07) is 10.6. The molecule has 4 rings (SSSR count). The molecule has 0 N–H and O–H groups in total. The molecule has 0 aliphatic carbocycles. The first-order valence-electron chi connectivity index (χ1n) is 11.7. The Kier molecular flexibility index (Phi) is 7.25. The minimum Gasteiger partial charge on any atom is -0.345 e. The first-order valence-corrected chi connectivity index (χ1v) is 13.9. The highest BCUT2D eigenvalue weighted by Crippen LogP contribution is 2.31. The summed E-state index contributed by atoms with van der Waals surface area (Å²) in [6.45, 7) is 9.38. The van der Waals surface area contributed by atoms with Crippen LogP contribution in [0.1, 0.15) is 41.3 Å². The number of sulfonamides is 1. The molecule has 34 heavy (non-hydrogen) atoms. The van der Waals surface area contributed by atoms with E-state index in [-0.39, 0.29) is 10.8 Å². The molecule has 1 aliphatic heterocycles. The number of fused-ring (bicyclic) bond motifs is 1. The van der Waals surface area contributed by atoms with Gasteiger partial charge in [-0.05, 0) is 67.8 Å². The molecule has 1 fully saturated rings. The number of unbranched alkanes of at least 4 members (excludes halogenated alkanes) is 1. The average molecular weight is 501 g/mol. The summed E-state index contributed by atoms with van der Waals surface area (Å²) in [5.74, 6) is -0.0708. The topological polar surface area (TPSA) is 73.8 Å². The number of hydrogen-bond donors (Lipinski definition) is 0. The van der Waals surface area contributed by atoms with E-state index in [1.807, 2.05) is 11.8 Å². The monoisotopic (exact) mass is 500 g/mol. The van der Waals surface area contributed by atoms with E-state index in [0.29, 0.717) is 25.2 Å². The van der Waals surface area contributed by atoms with Crippen molar-refractivity contribution in [3.63, 3.8) is 0 Å². The highest BCUT2D eigenvalue weighted by atomic mass is 32.2. The van der Waals surface area contributed by atoms with Crippen molar-refractivity contribution < 1.29 is 13.2 Å². The average Bonchev–Trinajstić information content (AvgIpc) is 3.25. The van der Waals surface area contributed by atoms with Crippen LogP contribution in [-0.2, 0) is 10.0 Å². The molecule has 3 aromatic rings. The third-order valence-corrected chi connectivity index (χ3v) is 9.42. The van der Waals surface area contributed by atoms with Crippen molar-refractivity contribution in [2.75, 3.05) is 44.7 Å². The van der Waals surface area contributed by atoms with Crippen molar-refractivity contribution in [1.82, 2.24) is 14.2 Å². The molecular weight excluding hydrogens is 468 g/mol. The molecule has 1 aromatic heterocycles. The number of nitrogens with zero attached hydrogens (tertiary/aromatic N) is 4. The van der Waals surface area contributed by atoms with E-state index in [1.165, 1.54) is 32.3 Å². The molecular formula is C25H32N4O3S2. The zero-order valence-corrected chi connectivity index (χ0v) is 21.9. The van der Waals surface area contributed by atoms with Crippen LogP contribution >= 0.6 is 11.3 Å². The molecule has 1 saturated heterocycles. The van der Waals surface area contributed by atoms with Gasteiger partial charge in [0.2, 0.25) is 10.0 Å². The first kappa shape index (κ1) is 24.6. The van der Waals surface area contributed by atoms with E-state index in [0.717, 1.165) is 36.6 Å². The summed E-state index contributed by atoms with van der Waals surface area (Å²) in [5.41, 5.74) is 4.04. The third-order valence-electron chi connectivity index (χ3n) is 6.47. The van der Waals surface area contributed by atoms with Crippen molar-refractivity contribution in [3.8, 4) is 0 Å². The molecule has 1 aliphatic rings. The lowest BCUT2D eigenvalue weighted by molar-refractivity contribution is 0.0746. The minimum absolute atomic E-state index is 0.0708. The Morgan fingerprint density at radius 3 is 2.35 bits per heavy atom. The smallest absolute Gasteiger partial charge is 0.253 e. The largest absolute Gasteiger partial charge is 0.345 e. The number of anilines is 1. The van der Waals surface area contributed by atoms with Crippen molar-refractivity contribution >= 4 is 42.6 Å². The number of piperazine rings is 1. The highest BCUT2D eigenvalue weighted by Gasteiger charge is 2.25. The van der Waals surface area contributed by atoms with Gasteiger partial charge in [0.15, 0.2) is 5.13 Å². The maximum Gasteiger partial charge on any atom is 0.253 e. The van der Waals surface area contributed by atoms with Crippen molar-refractivity contribution in [2.24, 2.45) is 0 Å². The van der Waals surface area contributed by atoms with Crippen molar-refractivity contribution in [2.45, 2.75) is 38.5 Å². The van der Waals surface area contributed by atoms with Gasteiger partial charge in [0.1, 0.15) is 0 Å². The lowest BCUT2D eigenvalue weighted by Crippen LogP contribution is -2.48. The Morgan fingerprint density at radius 2 is 1.71 bits per heavy atom. The second kappa shape index (κ2) is 10.0. The van der Waals surface area contributed by atoms with Gasteiger partial charge < -0.3 is 9.80 Å². The maximum atomic E-state index is 13.0. The molecule has 0 atom stereocenters. The van der Waals surface area contributed by atoms with Crippen LogP contribution in [0.4, 0.5) is 5.13 Å². The predicted octanol–water partition coefficient (Wildman–Crippen LogP) is 4.30. The molecule has 0 radical (unpaired) electrons. The molecule has 7 nitrogen and oxygen atoms in total. The lowest BCUT2D eigenvalue weighted by atomic mass is 10.1. The summed E-state index contributed by atoms with van der Waals surface area (Å²) in [4.78, 5) is 22.1. The van der Waals surface area contributed by atoms with Gasteiger partial charge in [-0.15, -0.1) is 0 Å². The normalized spacial score (nSPS) is 14.9. The zero-order valence-electron chi connectivity index (χ0n) is 20.2. The summed E-state index contributed by atoms with van der Waals surface area (Å²) < 4.78 is 28.0. The summed E-state index contributed by atoms with van der Waals surface area (Å²) in [7, 11) is -1.94. The second-order valence-corrected chi connectivity index (χ2v) is 11.9. The number of rotatable bonds is 7. The standard InChI is InChI=1S/C25H32N4O3S2/c1-5-6-11-27(4)34(31,32)21-9-7-20(8-10-21)24(30)28-12-14-29(15-13-28)25-26-22-16-18(2)19(3)17-23(22)33-25/h7-10,16-17H,5-6,11-15H2,1-4H3. The Morgan fingerprint density at radius 1 is 1.06 bits per heavy atom. The van der Waals surface area contributed by atoms with E-state index in [4.69, 9.17) is 4.98 Å². The van der Waals surface area contributed by atoms with Crippen LogP contribution in [-0.4, -0.2) is 68.3 Å². The number of amides is 1. The molecule has 2 aromatic carbocycles. The van der Waals surface area contributed by atoms with E-state index in [1.54, 1.807) is 30.5 Å². The van der Waals surface area contributed by atoms with Crippen LogP contribution < -0.4 is 4.90 Å². The molecule has 182 valence electrons. The van der Waals surface area contributed by atoms with Crippen LogP contribution in [0.15, 0.2) is 41.3 Å². The number of thiazole rings is 1. The molecule has 1 amide bonds. The molecule has 0 saturated carbocycles. The number of hydrogen-bond acceptors (Lipinski definition) is 6. The summed E-state index contributed by atoms with van der Waals surface area (Å²) in [5, 5.41) is 0.994. The SMILES string of the molecule is CCCCN(C)S(=O)(=O)c1ccc(C(=O)N2CCN(c3nc4cc(C)c(C)cc4s3)CC2)cc1.